The second-order valence-electron chi connectivity index (χ2n) is 6.75. The molecule has 0 saturated heterocycles. The molecule has 162 valence electrons. The highest BCUT2D eigenvalue weighted by molar-refractivity contribution is 9.10. The van der Waals surface area contributed by atoms with Gasteiger partial charge in [0.15, 0.2) is 6.61 Å². The van der Waals surface area contributed by atoms with Crippen molar-refractivity contribution in [3.63, 3.8) is 0 Å². The van der Waals surface area contributed by atoms with E-state index in [4.69, 9.17) is 9.15 Å². The molecule has 0 spiro atoms. The van der Waals surface area contributed by atoms with Crippen LogP contribution in [0.1, 0.15) is 37.0 Å². The van der Waals surface area contributed by atoms with Gasteiger partial charge in [0.1, 0.15) is 5.75 Å². The van der Waals surface area contributed by atoms with Gasteiger partial charge in [0.05, 0.1) is 6.10 Å². The second-order valence-corrected chi connectivity index (χ2v) is 7.66. The number of nitrogens with zero attached hydrogens (tertiary/aromatic N) is 2. The summed E-state index contributed by atoms with van der Waals surface area (Å²) in [6.45, 7) is 4.02. The number of ether oxygens (including phenoxy) is 2. The van der Waals surface area contributed by atoms with E-state index in [9.17, 15) is 18.0 Å². The summed E-state index contributed by atoms with van der Waals surface area (Å²) >= 11 is 3.32. The van der Waals surface area contributed by atoms with Crippen LogP contribution >= 0.6 is 15.9 Å². The summed E-state index contributed by atoms with van der Waals surface area (Å²) in [4.78, 5) is 11.9. The summed E-state index contributed by atoms with van der Waals surface area (Å²) < 4.78 is 52.2. The molecule has 1 aromatic heterocycles. The molecular weight excluding hydrogens is 471 g/mol. The maximum Gasteiger partial charge on any atom is 0.522 e. The lowest BCUT2D eigenvalue weighted by Crippen LogP contribution is -2.34. The van der Waals surface area contributed by atoms with Crippen LogP contribution in [0, 0.1) is 0 Å². The Morgan fingerprint density at radius 1 is 1.27 bits per heavy atom. The first-order chi connectivity index (χ1) is 14.2. The fraction of sp³-hybridized carbons (Fsp3) is 0.421. The number of carbonyl (C=O) groups is 1. The monoisotopic (exact) mass is 489 g/mol. The molecule has 0 unspecified atom stereocenters. The third kappa shape index (κ3) is 6.56. The van der Waals surface area contributed by atoms with E-state index in [2.05, 4.69) is 42.8 Å². The van der Waals surface area contributed by atoms with Crippen LogP contribution in [0.3, 0.4) is 0 Å². The first-order valence-corrected chi connectivity index (χ1v) is 9.90. The van der Waals surface area contributed by atoms with Gasteiger partial charge >= 0.3 is 6.36 Å². The number of hydrogen-bond donors (Lipinski definition) is 1. The highest BCUT2D eigenvalue weighted by atomic mass is 79.9. The van der Waals surface area contributed by atoms with Gasteiger partial charge in [-0.25, -0.2) is 0 Å². The smallest absolute Gasteiger partial charge is 0.484 e. The van der Waals surface area contributed by atoms with Crippen LogP contribution in [0.4, 0.5) is 13.2 Å². The third-order valence-electron chi connectivity index (χ3n) is 4.42. The summed E-state index contributed by atoms with van der Waals surface area (Å²) in [6.07, 6.45) is -4.82. The molecule has 1 aromatic carbocycles. The molecule has 0 radical (unpaired) electrons. The Morgan fingerprint density at radius 3 is 2.63 bits per heavy atom. The molecule has 1 aliphatic carbocycles. The molecular formula is C19H19BrF3N3O4. The summed E-state index contributed by atoms with van der Waals surface area (Å²) in [7, 11) is 0. The zero-order chi connectivity index (χ0) is 21.7. The van der Waals surface area contributed by atoms with Crippen molar-refractivity contribution in [2.45, 2.75) is 37.6 Å². The van der Waals surface area contributed by atoms with E-state index in [0.29, 0.717) is 24.3 Å². The van der Waals surface area contributed by atoms with Gasteiger partial charge < -0.3 is 14.5 Å². The second kappa shape index (κ2) is 9.61. The van der Waals surface area contributed by atoms with Crippen LogP contribution < -0.4 is 10.1 Å². The number of alkyl halides is 3. The fourth-order valence-electron chi connectivity index (χ4n) is 2.79. The van der Waals surface area contributed by atoms with E-state index in [-0.39, 0.29) is 43.1 Å². The summed E-state index contributed by atoms with van der Waals surface area (Å²) in [5.41, 5.74) is 0.519. The zero-order valence-electron chi connectivity index (χ0n) is 15.7. The summed E-state index contributed by atoms with van der Waals surface area (Å²) in [5, 5.41) is 10.5. The Labute approximate surface area is 178 Å². The molecule has 30 heavy (non-hydrogen) atoms. The van der Waals surface area contributed by atoms with Crippen LogP contribution in [-0.4, -0.2) is 41.7 Å². The lowest BCUT2D eigenvalue weighted by Gasteiger charge is -2.32. The van der Waals surface area contributed by atoms with E-state index in [1.54, 1.807) is 12.1 Å². The Bertz CT molecular complexity index is 880. The van der Waals surface area contributed by atoms with Crippen LogP contribution in [0.15, 0.2) is 39.7 Å². The zero-order valence-corrected chi connectivity index (χ0v) is 17.3. The van der Waals surface area contributed by atoms with Crippen molar-refractivity contribution in [1.82, 2.24) is 15.5 Å². The number of nitrogens with one attached hydrogen (secondary N) is 1. The average Bonchev–Trinajstić information content (AvgIpc) is 3.13. The van der Waals surface area contributed by atoms with Gasteiger partial charge in [-0.1, -0.05) is 22.5 Å². The van der Waals surface area contributed by atoms with Gasteiger partial charge in [0.2, 0.25) is 11.8 Å². The van der Waals surface area contributed by atoms with Crippen LogP contribution in [0.5, 0.6) is 5.75 Å². The molecule has 11 heteroatoms. The quantitative estimate of drug-likeness (QED) is 0.567. The van der Waals surface area contributed by atoms with E-state index < -0.39 is 12.5 Å². The number of amides is 1. The molecule has 3 rings (SSSR count). The van der Waals surface area contributed by atoms with Gasteiger partial charge in [-0.3, -0.25) is 9.53 Å². The lowest BCUT2D eigenvalue weighted by atomic mass is 9.82. The van der Waals surface area contributed by atoms with Crippen molar-refractivity contribution < 1.29 is 31.9 Å². The molecule has 2 aromatic rings. The Kier molecular flexibility index (Phi) is 7.14. The number of benzene rings is 1. The molecule has 1 aliphatic rings. The minimum absolute atomic E-state index is 0.123. The number of hydrogen-bond acceptors (Lipinski definition) is 6. The third-order valence-corrected chi connectivity index (χ3v) is 4.95. The lowest BCUT2D eigenvalue weighted by molar-refractivity contribution is -0.352. The summed E-state index contributed by atoms with van der Waals surface area (Å²) in [5.74, 6) is 0.490. The minimum Gasteiger partial charge on any atom is -0.484 e. The van der Waals surface area contributed by atoms with Crippen molar-refractivity contribution in [3.05, 3.63) is 47.1 Å². The molecule has 0 atom stereocenters. The molecule has 7 nitrogen and oxygen atoms in total. The molecule has 1 saturated carbocycles. The Hall–Kier alpha value is -2.40. The standard InChI is InChI=1S/C19H19BrF3N3O4/c1-11(6-7-24-16(27)10-28-14-4-2-13(20)3-5-14)17-25-26-18(29-17)12-8-15(9-12)30-19(21,22)23/h2-5,12,15H,1,6-10H2,(H,24,27)/t12-,15+. The Morgan fingerprint density at radius 2 is 1.97 bits per heavy atom. The molecule has 1 heterocycles. The van der Waals surface area contributed by atoms with Gasteiger partial charge in [-0.2, -0.15) is 0 Å². The number of carbonyl (C=O) groups excluding carboxylic acids is 1. The predicted octanol–water partition coefficient (Wildman–Crippen LogP) is 4.21. The molecule has 0 bridgehead atoms. The predicted molar refractivity (Wildman–Crippen MR) is 103 cm³/mol. The Balaban J connectivity index is 1.35. The van der Waals surface area contributed by atoms with Crippen LogP contribution in [0.25, 0.3) is 5.57 Å². The maximum absolute atomic E-state index is 12.2. The fourth-order valence-corrected chi connectivity index (χ4v) is 3.05. The normalized spacial score (nSPS) is 18.5. The van der Waals surface area contributed by atoms with Crippen molar-refractivity contribution in [2.75, 3.05) is 13.2 Å². The van der Waals surface area contributed by atoms with Gasteiger partial charge in [0.25, 0.3) is 5.91 Å². The number of halogens is 4. The molecule has 1 fully saturated rings. The van der Waals surface area contributed by atoms with Crippen LogP contribution in [0.2, 0.25) is 0 Å². The van der Waals surface area contributed by atoms with E-state index in [1.165, 1.54) is 0 Å². The van der Waals surface area contributed by atoms with Crippen molar-refractivity contribution in [3.8, 4) is 5.75 Å². The first kappa shape index (κ1) is 22.3. The van der Waals surface area contributed by atoms with E-state index in [1.807, 2.05) is 12.1 Å². The van der Waals surface area contributed by atoms with Gasteiger partial charge in [0, 0.05) is 22.5 Å². The highest BCUT2D eigenvalue weighted by Gasteiger charge is 2.42. The average molecular weight is 490 g/mol. The van der Waals surface area contributed by atoms with Gasteiger partial charge in [-0.15, -0.1) is 23.4 Å². The van der Waals surface area contributed by atoms with Gasteiger partial charge in [-0.05, 0) is 43.5 Å². The molecule has 0 aliphatic heterocycles. The number of aromatic nitrogens is 2. The first-order valence-electron chi connectivity index (χ1n) is 9.11. The topological polar surface area (TPSA) is 86.5 Å². The molecule has 1 amide bonds. The van der Waals surface area contributed by atoms with E-state index in [0.717, 1.165) is 4.47 Å². The van der Waals surface area contributed by atoms with Crippen molar-refractivity contribution in [1.29, 1.82) is 0 Å². The van der Waals surface area contributed by atoms with E-state index >= 15 is 0 Å². The largest absolute Gasteiger partial charge is 0.522 e. The van der Waals surface area contributed by atoms with Crippen LogP contribution in [-0.2, 0) is 9.53 Å². The maximum atomic E-state index is 12.2. The van der Waals surface area contributed by atoms with Crippen molar-refractivity contribution >= 4 is 27.4 Å². The highest BCUT2D eigenvalue weighted by Crippen LogP contribution is 2.41. The molecule has 1 N–H and O–H groups in total. The SMILES string of the molecule is C=C(CCNC(=O)COc1ccc(Br)cc1)c1nnc([C@H]2C[C@@H](OC(F)(F)F)C2)o1. The number of rotatable bonds is 9. The minimum atomic E-state index is -4.64. The summed E-state index contributed by atoms with van der Waals surface area (Å²) in [6, 6.07) is 7.10. The van der Waals surface area contributed by atoms with Crippen molar-refractivity contribution in [2.24, 2.45) is 0 Å².